The minimum Gasteiger partial charge on any atom is -0.372 e. The van der Waals surface area contributed by atoms with Crippen LogP contribution in [0.2, 0.25) is 0 Å². The molecule has 1 aromatic rings. The molecular formula is C18H27NO. The van der Waals surface area contributed by atoms with Gasteiger partial charge in [0.2, 0.25) is 0 Å². The van der Waals surface area contributed by atoms with Gasteiger partial charge in [0.25, 0.3) is 0 Å². The lowest BCUT2D eigenvalue weighted by Crippen LogP contribution is -2.43. The highest BCUT2D eigenvalue weighted by atomic mass is 16.5. The average Bonchev–Trinajstić information content (AvgIpc) is 2.53. The first-order chi connectivity index (χ1) is 9.81. The molecule has 2 heteroatoms. The molecule has 1 saturated carbocycles. The van der Waals surface area contributed by atoms with Gasteiger partial charge in [0, 0.05) is 6.04 Å². The summed E-state index contributed by atoms with van der Waals surface area (Å²) < 4.78 is 6.09. The molecule has 2 N–H and O–H groups in total. The van der Waals surface area contributed by atoms with Crippen molar-refractivity contribution in [1.29, 1.82) is 0 Å². The molecule has 1 fully saturated rings. The van der Waals surface area contributed by atoms with Crippen molar-refractivity contribution in [3.05, 3.63) is 35.4 Å². The van der Waals surface area contributed by atoms with E-state index in [-0.39, 0.29) is 12.1 Å². The van der Waals surface area contributed by atoms with E-state index in [4.69, 9.17) is 10.5 Å². The Hall–Kier alpha value is -0.860. The van der Waals surface area contributed by atoms with Crippen molar-refractivity contribution in [3.8, 4) is 0 Å². The van der Waals surface area contributed by atoms with Crippen molar-refractivity contribution in [2.45, 2.75) is 57.6 Å². The highest BCUT2D eigenvalue weighted by Gasteiger charge is 2.36. The molecule has 0 amide bonds. The third-order valence-corrected chi connectivity index (χ3v) is 5.37. The molecule has 3 rings (SSSR count). The minimum atomic E-state index is 0.108. The lowest BCUT2D eigenvalue weighted by atomic mass is 9.71. The van der Waals surface area contributed by atoms with Crippen LogP contribution in [-0.2, 0) is 11.2 Å². The summed E-state index contributed by atoms with van der Waals surface area (Å²) in [5, 5.41) is 0. The number of rotatable bonds is 3. The van der Waals surface area contributed by atoms with Crippen LogP contribution in [-0.4, -0.2) is 12.6 Å². The van der Waals surface area contributed by atoms with E-state index in [1.54, 1.807) is 0 Å². The van der Waals surface area contributed by atoms with E-state index < -0.39 is 0 Å². The first-order valence-corrected chi connectivity index (χ1v) is 8.26. The van der Waals surface area contributed by atoms with E-state index in [1.165, 1.54) is 43.2 Å². The Morgan fingerprint density at radius 2 is 2.05 bits per heavy atom. The zero-order chi connectivity index (χ0) is 13.9. The van der Waals surface area contributed by atoms with E-state index in [0.29, 0.717) is 5.92 Å². The van der Waals surface area contributed by atoms with Crippen LogP contribution in [0.3, 0.4) is 0 Å². The second-order valence-corrected chi connectivity index (χ2v) is 6.43. The molecule has 4 unspecified atom stereocenters. The van der Waals surface area contributed by atoms with E-state index in [9.17, 15) is 0 Å². The van der Waals surface area contributed by atoms with Crippen molar-refractivity contribution in [3.63, 3.8) is 0 Å². The van der Waals surface area contributed by atoms with Crippen molar-refractivity contribution in [1.82, 2.24) is 0 Å². The van der Waals surface area contributed by atoms with Gasteiger partial charge in [0.1, 0.15) is 0 Å². The van der Waals surface area contributed by atoms with Gasteiger partial charge in [0.15, 0.2) is 0 Å². The zero-order valence-electron chi connectivity index (χ0n) is 12.6. The van der Waals surface area contributed by atoms with Gasteiger partial charge in [0.05, 0.1) is 12.7 Å². The molecule has 0 bridgehead atoms. The number of hydrogen-bond acceptors (Lipinski definition) is 2. The number of benzene rings is 1. The highest BCUT2D eigenvalue weighted by Crippen LogP contribution is 2.40. The van der Waals surface area contributed by atoms with E-state index in [2.05, 4.69) is 31.2 Å². The molecule has 1 heterocycles. The summed E-state index contributed by atoms with van der Waals surface area (Å²) in [4.78, 5) is 0. The van der Waals surface area contributed by atoms with Crippen LogP contribution in [0, 0.1) is 11.8 Å². The molecule has 1 aliphatic heterocycles. The molecule has 1 aromatic carbocycles. The second-order valence-electron chi connectivity index (χ2n) is 6.43. The third kappa shape index (κ3) is 2.64. The summed E-state index contributed by atoms with van der Waals surface area (Å²) >= 11 is 0. The van der Waals surface area contributed by atoms with Crippen molar-refractivity contribution in [2.24, 2.45) is 17.6 Å². The molecule has 0 aromatic heterocycles. The van der Waals surface area contributed by atoms with Crippen LogP contribution in [0.5, 0.6) is 0 Å². The maximum Gasteiger partial charge on any atom is 0.0981 e. The first kappa shape index (κ1) is 14.1. The second kappa shape index (κ2) is 6.28. The SMILES string of the molecule is CCC1CCCCC1C(N)C1OCCc2ccccc21. The number of nitrogens with two attached hydrogens (primary N) is 1. The average molecular weight is 273 g/mol. The van der Waals surface area contributed by atoms with Gasteiger partial charge < -0.3 is 10.5 Å². The van der Waals surface area contributed by atoms with Crippen molar-refractivity contribution < 1.29 is 4.74 Å². The van der Waals surface area contributed by atoms with Gasteiger partial charge in [-0.2, -0.15) is 0 Å². The maximum atomic E-state index is 6.68. The Morgan fingerprint density at radius 3 is 2.90 bits per heavy atom. The topological polar surface area (TPSA) is 35.2 Å². The Morgan fingerprint density at radius 1 is 1.25 bits per heavy atom. The van der Waals surface area contributed by atoms with Crippen LogP contribution < -0.4 is 5.73 Å². The van der Waals surface area contributed by atoms with Gasteiger partial charge in [-0.3, -0.25) is 0 Å². The number of fused-ring (bicyclic) bond motifs is 1. The minimum absolute atomic E-state index is 0.108. The fourth-order valence-corrected chi connectivity index (χ4v) is 4.22. The van der Waals surface area contributed by atoms with Crippen LogP contribution in [0.4, 0.5) is 0 Å². The predicted octanol–water partition coefficient (Wildman–Crippen LogP) is 3.84. The molecule has 0 spiro atoms. The van der Waals surface area contributed by atoms with E-state index in [0.717, 1.165) is 18.9 Å². The predicted molar refractivity (Wildman–Crippen MR) is 82.6 cm³/mol. The highest BCUT2D eigenvalue weighted by molar-refractivity contribution is 5.32. The van der Waals surface area contributed by atoms with Gasteiger partial charge in [-0.25, -0.2) is 0 Å². The standard InChI is InChI=1S/C18H27NO/c1-2-13-7-3-5-9-15(13)17(19)18-16-10-6-4-8-14(16)11-12-20-18/h4,6,8,10,13,15,17-18H,2-3,5,7,9,11-12,19H2,1H3. The van der Waals surface area contributed by atoms with Crippen LogP contribution in [0.25, 0.3) is 0 Å². The Labute approximate surface area is 122 Å². The summed E-state index contributed by atoms with van der Waals surface area (Å²) in [5.41, 5.74) is 9.45. The molecule has 1 aliphatic carbocycles. The fourth-order valence-electron chi connectivity index (χ4n) is 4.22. The summed E-state index contributed by atoms with van der Waals surface area (Å²) in [5.74, 6) is 1.42. The Kier molecular flexibility index (Phi) is 4.42. The molecule has 0 saturated heterocycles. The fraction of sp³-hybridized carbons (Fsp3) is 0.667. The molecule has 4 atom stereocenters. The molecular weight excluding hydrogens is 246 g/mol. The number of hydrogen-bond donors (Lipinski definition) is 1. The third-order valence-electron chi connectivity index (χ3n) is 5.37. The molecule has 2 nitrogen and oxygen atoms in total. The molecule has 20 heavy (non-hydrogen) atoms. The normalized spacial score (nSPS) is 31.6. The van der Waals surface area contributed by atoms with Gasteiger partial charge in [-0.15, -0.1) is 0 Å². The van der Waals surface area contributed by atoms with Crippen molar-refractivity contribution in [2.75, 3.05) is 6.61 Å². The van der Waals surface area contributed by atoms with Crippen LogP contribution >= 0.6 is 0 Å². The Balaban J connectivity index is 1.82. The molecule has 2 aliphatic rings. The summed E-state index contributed by atoms with van der Waals surface area (Å²) in [6.45, 7) is 3.13. The number of ether oxygens (including phenoxy) is 1. The quantitative estimate of drug-likeness (QED) is 0.908. The van der Waals surface area contributed by atoms with E-state index >= 15 is 0 Å². The molecule has 110 valence electrons. The monoisotopic (exact) mass is 273 g/mol. The summed E-state index contributed by atoms with van der Waals surface area (Å²) in [6.07, 6.45) is 7.74. The largest absolute Gasteiger partial charge is 0.372 e. The first-order valence-electron chi connectivity index (χ1n) is 8.26. The van der Waals surface area contributed by atoms with Crippen LogP contribution in [0.15, 0.2) is 24.3 Å². The zero-order valence-corrected chi connectivity index (χ0v) is 12.6. The Bertz CT molecular complexity index is 445. The smallest absolute Gasteiger partial charge is 0.0981 e. The van der Waals surface area contributed by atoms with Crippen molar-refractivity contribution >= 4 is 0 Å². The lowest BCUT2D eigenvalue weighted by molar-refractivity contribution is -0.00427. The molecule has 0 radical (unpaired) electrons. The van der Waals surface area contributed by atoms with E-state index in [1.807, 2.05) is 0 Å². The summed E-state index contributed by atoms with van der Waals surface area (Å²) in [6, 6.07) is 8.84. The lowest BCUT2D eigenvalue weighted by Gasteiger charge is -2.40. The van der Waals surface area contributed by atoms with Crippen LogP contribution in [0.1, 0.15) is 56.3 Å². The maximum absolute atomic E-state index is 6.68. The van der Waals surface area contributed by atoms with Gasteiger partial charge in [-0.1, -0.05) is 56.9 Å². The van der Waals surface area contributed by atoms with Gasteiger partial charge in [-0.05, 0) is 35.8 Å². The van der Waals surface area contributed by atoms with Gasteiger partial charge >= 0.3 is 0 Å². The summed E-state index contributed by atoms with van der Waals surface area (Å²) in [7, 11) is 0.